The number of aryl methyl sites for hydroxylation is 1. The van der Waals surface area contributed by atoms with Crippen LogP contribution in [0.15, 0.2) is 84.0 Å². The topological polar surface area (TPSA) is 54.6 Å². The molecule has 0 fully saturated rings. The van der Waals surface area contributed by atoms with Crippen molar-refractivity contribution in [3.63, 3.8) is 0 Å². The molecule has 0 saturated heterocycles. The van der Waals surface area contributed by atoms with Crippen molar-refractivity contribution in [2.75, 3.05) is 0 Å². The van der Waals surface area contributed by atoms with E-state index >= 15 is 0 Å². The quantitative estimate of drug-likeness (QED) is 0.191. The second kappa shape index (κ2) is 8.06. The van der Waals surface area contributed by atoms with Crippen LogP contribution < -0.4 is 0 Å². The van der Waals surface area contributed by atoms with Crippen molar-refractivity contribution in [1.29, 1.82) is 0 Å². The number of phenols is 1. The molecule has 162 valence electrons. The Morgan fingerprint density at radius 1 is 0.879 bits per heavy atom. The van der Waals surface area contributed by atoms with E-state index in [0.717, 1.165) is 44.1 Å². The number of Topliss-reactive ketones (excluding diaryl/α,β-unsaturated/α-hetero) is 1. The van der Waals surface area contributed by atoms with Crippen LogP contribution in [0.1, 0.15) is 34.2 Å². The molecule has 0 aliphatic heterocycles. The molecule has 0 amide bonds. The van der Waals surface area contributed by atoms with E-state index in [2.05, 4.69) is 35.4 Å². The third-order valence-corrected chi connectivity index (χ3v) is 6.19. The highest BCUT2D eigenvalue weighted by Crippen LogP contribution is 2.41. The summed E-state index contributed by atoms with van der Waals surface area (Å²) in [6.45, 7) is 5.34. The van der Waals surface area contributed by atoms with Crippen molar-refractivity contribution < 1.29 is 9.90 Å². The van der Waals surface area contributed by atoms with Gasteiger partial charge in [-0.05, 0) is 60.5 Å². The number of nitrogens with zero attached hydrogens (tertiary/aromatic N) is 2. The number of para-hydroxylation sites is 1. The molecular weight excluding hydrogens is 408 g/mol. The normalized spacial score (nSPS) is 11.6. The van der Waals surface area contributed by atoms with Gasteiger partial charge in [0, 0.05) is 33.6 Å². The number of hydrogen-bond donors (Lipinski definition) is 1. The van der Waals surface area contributed by atoms with Crippen LogP contribution in [0.5, 0.6) is 5.75 Å². The molecule has 0 bridgehead atoms. The predicted molar refractivity (Wildman–Crippen MR) is 135 cm³/mol. The first-order chi connectivity index (χ1) is 16.0. The highest BCUT2D eigenvalue weighted by atomic mass is 16.3. The molecule has 0 saturated carbocycles. The minimum atomic E-state index is 0.0113. The van der Waals surface area contributed by atoms with Gasteiger partial charge in [-0.25, -0.2) is 4.68 Å². The van der Waals surface area contributed by atoms with Gasteiger partial charge in [-0.2, -0.15) is 5.10 Å². The Balaban J connectivity index is 1.69. The van der Waals surface area contributed by atoms with Crippen LogP contribution in [0.3, 0.4) is 0 Å². The van der Waals surface area contributed by atoms with Crippen molar-refractivity contribution in [1.82, 2.24) is 4.68 Å². The summed E-state index contributed by atoms with van der Waals surface area (Å²) in [4.78, 5) is 11.9. The molecule has 0 atom stereocenters. The number of hydrogen-bond acceptors (Lipinski definition) is 3. The smallest absolute Gasteiger partial charge is 0.161 e. The minimum absolute atomic E-state index is 0.0113. The van der Waals surface area contributed by atoms with Gasteiger partial charge < -0.3 is 5.11 Å². The standard InChI is InChI=1S/C29H24N2O2/c1-18-15-27(20(3)32)19(2)31(18)30-17-23-11-8-14-26(29(23)33)28-24-12-6-4-9-21(24)16-22-10-5-7-13-25(22)28/h4-17,33H,1-3H3/b30-17-. The zero-order valence-electron chi connectivity index (χ0n) is 18.8. The SMILES string of the molecule is CC(=O)c1cc(C)n(/N=C\c2cccc(-c3c4ccccc4cc4ccccc34)c2O)c1C. The average Bonchev–Trinajstić information content (AvgIpc) is 3.10. The molecule has 1 aromatic heterocycles. The number of carbonyl (C=O) groups excluding carboxylic acids is 1. The molecule has 0 radical (unpaired) electrons. The fourth-order valence-electron chi connectivity index (χ4n) is 4.58. The summed E-state index contributed by atoms with van der Waals surface area (Å²) < 4.78 is 1.73. The van der Waals surface area contributed by atoms with Gasteiger partial charge in [-0.15, -0.1) is 0 Å². The maximum absolute atomic E-state index is 11.9. The predicted octanol–water partition coefficient (Wildman–Crippen LogP) is 6.87. The molecule has 1 heterocycles. The number of rotatable bonds is 4. The molecule has 0 aliphatic rings. The lowest BCUT2D eigenvalue weighted by Gasteiger charge is -2.14. The number of benzene rings is 4. The van der Waals surface area contributed by atoms with Gasteiger partial charge in [-0.3, -0.25) is 4.79 Å². The van der Waals surface area contributed by atoms with Crippen molar-refractivity contribution in [2.45, 2.75) is 20.8 Å². The fraction of sp³-hybridized carbons (Fsp3) is 0.103. The van der Waals surface area contributed by atoms with Crippen molar-refractivity contribution >= 4 is 33.5 Å². The second-order valence-corrected chi connectivity index (χ2v) is 8.33. The summed E-state index contributed by atoms with van der Waals surface area (Å²) in [5, 5.41) is 20.3. The third-order valence-electron chi connectivity index (χ3n) is 6.19. The van der Waals surface area contributed by atoms with Gasteiger partial charge in [-0.1, -0.05) is 60.7 Å². The third kappa shape index (κ3) is 3.50. The van der Waals surface area contributed by atoms with Gasteiger partial charge in [0.2, 0.25) is 0 Å². The van der Waals surface area contributed by atoms with Gasteiger partial charge in [0.1, 0.15) is 5.75 Å². The second-order valence-electron chi connectivity index (χ2n) is 8.33. The molecule has 5 rings (SSSR count). The van der Waals surface area contributed by atoms with E-state index in [1.54, 1.807) is 17.8 Å². The van der Waals surface area contributed by atoms with E-state index in [-0.39, 0.29) is 11.5 Å². The number of carbonyl (C=O) groups is 1. The summed E-state index contributed by atoms with van der Waals surface area (Å²) in [6, 6.07) is 26.2. The van der Waals surface area contributed by atoms with E-state index in [4.69, 9.17) is 0 Å². The number of aromatic hydroxyl groups is 1. The molecule has 0 unspecified atom stereocenters. The first-order valence-electron chi connectivity index (χ1n) is 10.9. The molecule has 0 spiro atoms. The fourth-order valence-corrected chi connectivity index (χ4v) is 4.58. The Kier molecular flexibility index (Phi) is 5.06. The molecular formula is C29H24N2O2. The highest BCUT2D eigenvalue weighted by molar-refractivity contribution is 6.14. The van der Waals surface area contributed by atoms with Gasteiger partial charge in [0.25, 0.3) is 0 Å². The lowest BCUT2D eigenvalue weighted by atomic mass is 9.91. The highest BCUT2D eigenvalue weighted by Gasteiger charge is 2.15. The summed E-state index contributed by atoms with van der Waals surface area (Å²) in [5.74, 6) is 0.189. The summed E-state index contributed by atoms with van der Waals surface area (Å²) in [5.41, 5.74) is 4.68. The molecule has 4 aromatic carbocycles. The van der Waals surface area contributed by atoms with Gasteiger partial charge in [0.05, 0.1) is 6.21 Å². The molecule has 0 aliphatic carbocycles. The average molecular weight is 433 g/mol. The Morgan fingerprint density at radius 2 is 1.52 bits per heavy atom. The Labute approximate surface area is 192 Å². The Bertz CT molecular complexity index is 1520. The zero-order chi connectivity index (χ0) is 23.1. The van der Waals surface area contributed by atoms with Crippen molar-refractivity contribution in [3.05, 3.63) is 101 Å². The largest absolute Gasteiger partial charge is 0.507 e. The van der Waals surface area contributed by atoms with Gasteiger partial charge in [0.15, 0.2) is 5.78 Å². The van der Waals surface area contributed by atoms with Crippen LogP contribution in [-0.2, 0) is 0 Å². The van der Waals surface area contributed by atoms with E-state index in [0.29, 0.717) is 11.1 Å². The number of phenolic OH excluding ortho intramolecular Hbond substituents is 1. The van der Waals surface area contributed by atoms with Crippen LogP contribution >= 0.6 is 0 Å². The monoisotopic (exact) mass is 432 g/mol. The maximum atomic E-state index is 11.9. The lowest BCUT2D eigenvalue weighted by Crippen LogP contribution is -1.99. The van der Waals surface area contributed by atoms with Crippen molar-refractivity contribution in [3.8, 4) is 16.9 Å². The van der Waals surface area contributed by atoms with E-state index in [1.807, 2.05) is 62.4 Å². The molecule has 5 aromatic rings. The van der Waals surface area contributed by atoms with Crippen LogP contribution in [0, 0.1) is 13.8 Å². The molecule has 4 heteroatoms. The minimum Gasteiger partial charge on any atom is -0.507 e. The summed E-state index contributed by atoms with van der Waals surface area (Å²) >= 11 is 0. The summed E-state index contributed by atoms with van der Waals surface area (Å²) in [6.07, 6.45) is 1.65. The van der Waals surface area contributed by atoms with Crippen LogP contribution in [0.4, 0.5) is 0 Å². The van der Waals surface area contributed by atoms with E-state index < -0.39 is 0 Å². The number of aromatic nitrogens is 1. The number of fused-ring (bicyclic) bond motifs is 2. The van der Waals surface area contributed by atoms with Crippen LogP contribution in [0.25, 0.3) is 32.7 Å². The van der Waals surface area contributed by atoms with Crippen molar-refractivity contribution in [2.24, 2.45) is 5.10 Å². The van der Waals surface area contributed by atoms with E-state index in [1.165, 1.54) is 0 Å². The number of ketones is 1. The Morgan fingerprint density at radius 3 is 2.12 bits per heavy atom. The van der Waals surface area contributed by atoms with Crippen LogP contribution in [0.2, 0.25) is 0 Å². The maximum Gasteiger partial charge on any atom is 0.161 e. The zero-order valence-corrected chi connectivity index (χ0v) is 18.8. The first-order valence-corrected chi connectivity index (χ1v) is 10.9. The molecule has 33 heavy (non-hydrogen) atoms. The lowest BCUT2D eigenvalue weighted by molar-refractivity contribution is 0.101. The molecule has 4 nitrogen and oxygen atoms in total. The first kappa shape index (κ1) is 20.7. The molecule has 1 N–H and O–H groups in total. The Hall–Kier alpha value is -4.18. The van der Waals surface area contributed by atoms with Crippen LogP contribution in [-0.4, -0.2) is 21.8 Å². The van der Waals surface area contributed by atoms with E-state index in [9.17, 15) is 9.90 Å². The summed E-state index contributed by atoms with van der Waals surface area (Å²) in [7, 11) is 0. The van der Waals surface area contributed by atoms with Gasteiger partial charge >= 0.3 is 0 Å².